The van der Waals surface area contributed by atoms with Gasteiger partial charge in [0.15, 0.2) is 0 Å². The fourth-order valence-corrected chi connectivity index (χ4v) is 2.36. The van der Waals surface area contributed by atoms with Crippen LogP contribution in [0.25, 0.3) is 0 Å². The molecule has 0 amide bonds. The quantitative estimate of drug-likeness (QED) is 0.709. The van der Waals surface area contributed by atoms with Crippen LogP contribution < -0.4 is 4.90 Å². The summed E-state index contributed by atoms with van der Waals surface area (Å²) in [5.41, 5.74) is 3.54. The lowest BCUT2D eigenvalue weighted by Crippen LogP contribution is -2.18. The van der Waals surface area contributed by atoms with Crippen molar-refractivity contribution in [1.29, 1.82) is 0 Å². The zero-order chi connectivity index (χ0) is 13.8. The summed E-state index contributed by atoms with van der Waals surface area (Å²) in [5, 5.41) is 0. The maximum absolute atomic E-state index is 14.2. The van der Waals surface area contributed by atoms with Crippen LogP contribution in [0.5, 0.6) is 0 Å². The van der Waals surface area contributed by atoms with Crippen molar-refractivity contribution in [3.63, 3.8) is 0 Å². The Bertz CT molecular complexity index is 568. The van der Waals surface area contributed by atoms with Crippen LogP contribution in [0.1, 0.15) is 18.1 Å². The number of halogens is 2. The third-order valence-electron chi connectivity index (χ3n) is 3.18. The Morgan fingerprint density at radius 2 is 1.84 bits per heavy atom. The molecule has 3 heteroatoms. The summed E-state index contributed by atoms with van der Waals surface area (Å²) in [4.78, 5) is 1.97. The molecule has 0 aromatic heterocycles. The smallest absolute Gasteiger partial charge is 0.147 e. The highest BCUT2D eigenvalue weighted by Gasteiger charge is 2.13. The van der Waals surface area contributed by atoms with Crippen molar-refractivity contribution in [3.05, 3.63) is 59.4 Å². The highest BCUT2D eigenvalue weighted by Crippen LogP contribution is 2.30. The van der Waals surface area contributed by atoms with Gasteiger partial charge in [-0.25, -0.2) is 4.39 Å². The molecule has 2 rings (SSSR count). The molecule has 0 radical (unpaired) electrons. The molecule has 0 spiro atoms. The number of hydrogen-bond acceptors (Lipinski definition) is 1. The minimum absolute atomic E-state index is 0.233. The second-order valence-corrected chi connectivity index (χ2v) is 4.72. The number of hydrogen-bond donors (Lipinski definition) is 0. The second-order valence-electron chi connectivity index (χ2n) is 4.45. The summed E-state index contributed by atoms with van der Waals surface area (Å²) in [7, 11) is 0. The van der Waals surface area contributed by atoms with Crippen molar-refractivity contribution in [2.24, 2.45) is 0 Å². The van der Waals surface area contributed by atoms with E-state index in [1.165, 1.54) is 6.07 Å². The van der Waals surface area contributed by atoms with E-state index in [1.807, 2.05) is 49.1 Å². The first-order chi connectivity index (χ1) is 9.17. The van der Waals surface area contributed by atoms with Crippen LogP contribution in [0.4, 0.5) is 15.8 Å². The molecule has 2 aromatic carbocycles. The van der Waals surface area contributed by atoms with Crippen LogP contribution in [0.2, 0.25) is 0 Å². The standard InChI is InChI=1S/C16H17ClFN/c1-3-19(15-7-5-4-6-12(15)2)16-9-8-13(11-17)10-14(16)18/h4-10H,3,11H2,1-2H3. The van der Waals surface area contributed by atoms with Gasteiger partial charge in [-0.2, -0.15) is 0 Å². The first-order valence-corrected chi connectivity index (χ1v) is 6.88. The molecule has 0 heterocycles. The Morgan fingerprint density at radius 1 is 1.11 bits per heavy atom. The molecule has 19 heavy (non-hydrogen) atoms. The van der Waals surface area contributed by atoms with E-state index >= 15 is 0 Å². The van der Waals surface area contributed by atoms with E-state index in [2.05, 4.69) is 0 Å². The number of anilines is 2. The molecule has 0 aliphatic heterocycles. The van der Waals surface area contributed by atoms with Gasteiger partial charge in [-0.15, -0.1) is 11.6 Å². The molecular formula is C16H17ClFN. The van der Waals surface area contributed by atoms with Gasteiger partial charge >= 0.3 is 0 Å². The maximum Gasteiger partial charge on any atom is 0.147 e. The van der Waals surface area contributed by atoms with E-state index in [-0.39, 0.29) is 5.82 Å². The monoisotopic (exact) mass is 277 g/mol. The summed E-state index contributed by atoms with van der Waals surface area (Å²) in [6.07, 6.45) is 0. The first kappa shape index (κ1) is 13.9. The molecule has 2 aromatic rings. The molecule has 0 N–H and O–H groups in total. The van der Waals surface area contributed by atoms with Gasteiger partial charge in [-0.1, -0.05) is 24.3 Å². The van der Waals surface area contributed by atoms with E-state index in [0.29, 0.717) is 18.1 Å². The Kier molecular flexibility index (Phi) is 4.43. The highest BCUT2D eigenvalue weighted by atomic mass is 35.5. The average molecular weight is 278 g/mol. The minimum atomic E-state index is -0.233. The number of aryl methyl sites for hydroxylation is 1. The number of rotatable bonds is 4. The summed E-state index contributed by atoms with van der Waals surface area (Å²) in [6, 6.07) is 13.2. The number of alkyl halides is 1. The fourth-order valence-electron chi connectivity index (χ4n) is 2.19. The molecule has 0 saturated carbocycles. The third-order valence-corrected chi connectivity index (χ3v) is 3.49. The van der Waals surface area contributed by atoms with E-state index < -0.39 is 0 Å². The lowest BCUT2D eigenvalue weighted by molar-refractivity contribution is 0.624. The zero-order valence-corrected chi connectivity index (χ0v) is 11.9. The van der Waals surface area contributed by atoms with Crippen LogP contribution >= 0.6 is 11.6 Å². The van der Waals surface area contributed by atoms with Crippen molar-refractivity contribution < 1.29 is 4.39 Å². The van der Waals surface area contributed by atoms with Gasteiger partial charge in [0.2, 0.25) is 0 Å². The Morgan fingerprint density at radius 3 is 2.42 bits per heavy atom. The summed E-state index contributed by atoms with van der Waals surface area (Å²) >= 11 is 5.73. The van der Waals surface area contributed by atoms with Crippen LogP contribution in [-0.4, -0.2) is 6.54 Å². The Balaban J connectivity index is 2.46. The van der Waals surface area contributed by atoms with E-state index in [9.17, 15) is 4.39 Å². The predicted molar refractivity (Wildman–Crippen MR) is 79.8 cm³/mol. The summed E-state index contributed by atoms with van der Waals surface area (Å²) < 4.78 is 14.2. The molecule has 0 aliphatic rings. The third kappa shape index (κ3) is 2.90. The van der Waals surface area contributed by atoms with Gasteiger partial charge in [0, 0.05) is 18.1 Å². The van der Waals surface area contributed by atoms with Gasteiger partial charge in [0.05, 0.1) is 5.69 Å². The van der Waals surface area contributed by atoms with Crippen LogP contribution in [0.15, 0.2) is 42.5 Å². The molecule has 0 aliphatic carbocycles. The number of benzene rings is 2. The van der Waals surface area contributed by atoms with Gasteiger partial charge < -0.3 is 4.90 Å². The second kappa shape index (κ2) is 6.07. The highest BCUT2D eigenvalue weighted by molar-refractivity contribution is 6.17. The van der Waals surface area contributed by atoms with Crippen molar-refractivity contribution >= 4 is 23.0 Å². The van der Waals surface area contributed by atoms with Crippen LogP contribution in [-0.2, 0) is 5.88 Å². The zero-order valence-electron chi connectivity index (χ0n) is 11.2. The lowest BCUT2D eigenvalue weighted by Gasteiger charge is -2.25. The summed E-state index contributed by atoms with van der Waals surface area (Å²) in [5.74, 6) is 0.0940. The van der Waals surface area contributed by atoms with E-state index in [0.717, 1.165) is 16.8 Å². The van der Waals surface area contributed by atoms with Crippen molar-refractivity contribution in [1.82, 2.24) is 0 Å². The van der Waals surface area contributed by atoms with Crippen LogP contribution in [0, 0.1) is 12.7 Å². The number of para-hydroxylation sites is 1. The molecule has 100 valence electrons. The normalized spacial score (nSPS) is 10.5. The molecule has 1 nitrogen and oxygen atoms in total. The van der Waals surface area contributed by atoms with Gasteiger partial charge in [0.1, 0.15) is 5.82 Å². The predicted octanol–water partition coefficient (Wildman–Crippen LogP) is 5.03. The van der Waals surface area contributed by atoms with Crippen molar-refractivity contribution in [2.75, 3.05) is 11.4 Å². The first-order valence-electron chi connectivity index (χ1n) is 6.35. The molecule has 0 unspecified atom stereocenters. The van der Waals surface area contributed by atoms with Gasteiger partial charge in [-0.05, 0) is 43.2 Å². The molecule has 0 atom stereocenters. The molecular weight excluding hydrogens is 261 g/mol. The molecule has 0 bridgehead atoms. The van der Waals surface area contributed by atoms with Crippen molar-refractivity contribution in [2.45, 2.75) is 19.7 Å². The largest absolute Gasteiger partial charge is 0.339 e. The molecule has 0 fully saturated rings. The Hall–Kier alpha value is -1.54. The molecule has 0 saturated heterocycles. The van der Waals surface area contributed by atoms with E-state index in [1.54, 1.807) is 6.07 Å². The number of nitrogens with zero attached hydrogens (tertiary/aromatic N) is 1. The topological polar surface area (TPSA) is 3.24 Å². The van der Waals surface area contributed by atoms with Crippen molar-refractivity contribution in [3.8, 4) is 0 Å². The van der Waals surface area contributed by atoms with Gasteiger partial charge in [-0.3, -0.25) is 0 Å². The summed E-state index contributed by atoms with van der Waals surface area (Å²) in [6.45, 7) is 4.76. The lowest BCUT2D eigenvalue weighted by atomic mass is 10.1. The fraction of sp³-hybridized carbons (Fsp3) is 0.250. The van der Waals surface area contributed by atoms with E-state index in [4.69, 9.17) is 11.6 Å². The van der Waals surface area contributed by atoms with Crippen LogP contribution in [0.3, 0.4) is 0 Å². The Labute approximate surface area is 118 Å². The minimum Gasteiger partial charge on any atom is -0.339 e. The van der Waals surface area contributed by atoms with Gasteiger partial charge in [0.25, 0.3) is 0 Å². The average Bonchev–Trinajstić information content (AvgIpc) is 2.43. The SMILES string of the molecule is CCN(c1ccccc1C)c1ccc(CCl)cc1F. The maximum atomic E-state index is 14.2.